The lowest BCUT2D eigenvalue weighted by molar-refractivity contribution is -0.384. The van der Waals surface area contributed by atoms with Crippen LogP contribution in [-0.4, -0.2) is 28.0 Å². The predicted molar refractivity (Wildman–Crippen MR) is 133 cm³/mol. The lowest BCUT2D eigenvalue weighted by atomic mass is 10.2. The summed E-state index contributed by atoms with van der Waals surface area (Å²) in [4.78, 5) is 26.9. The molecule has 12 heteroatoms. The molecule has 1 aromatic heterocycles. The van der Waals surface area contributed by atoms with Crippen LogP contribution in [-0.2, 0) is 4.79 Å². The number of benzene rings is 2. The second-order valence-electron chi connectivity index (χ2n) is 6.13. The number of nitro groups is 1. The molecule has 3 rings (SSSR count). The number of methoxy groups -OCH3 is 1. The number of nitro benzene ring substituents is 1. The van der Waals surface area contributed by atoms with E-state index in [1.807, 2.05) is 23.6 Å². The van der Waals surface area contributed by atoms with Gasteiger partial charge in [0.15, 0.2) is 10.2 Å². The quantitative estimate of drug-likeness (QED) is 0.175. The highest BCUT2D eigenvalue weighted by molar-refractivity contribution is 9.10. The monoisotopic (exact) mass is 552 g/mol. The van der Waals surface area contributed by atoms with E-state index in [1.165, 1.54) is 35.6 Å². The van der Waals surface area contributed by atoms with Gasteiger partial charge in [0.05, 0.1) is 22.2 Å². The molecular formula is C20H14BrClN4O4S2. The van der Waals surface area contributed by atoms with Gasteiger partial charge in [-0.05, 0) is 64.1 Å². The third kappa shape index (κ3) is 6.10. The summed E-state index contributed by atoms with van der Waals surface area (Å²) in [7, 11) is 1.59. The Hall–Kier alpha value is -2.86. The highest BCUT2D eigenvalue weighted by Crippen LogP contribution is 2.32. The molecule has 3 aromatic rings. The molecule has 0 aliphatic carbocycles. The molecule has 0 spiro atoms. The van der Waals surface area contributed by atoms with Gasteiger partial charge in [-0.3, -0.25) is 20.2 Å². The molecule has 164 valence electrons. The first-order valence-corrected chi connectivity index (χ1v) is 11.3. The fourth-order valence-electron chi connectivity index (χ4n) is 2.52. The molecule has 0 bridgehead atoms. The number of carbonyl (C=O) groups excluding carboxylic acids is 1. The molecule has 0 aliphatic heterocycles. The van der Waals surface area contributed by atoms with E-state index in [9.17, 15) is 14.9 Å². The largest absolute Gasteiger partial charge is 0.496 e. The number of thiocarbonyl (C=S) groups is 1. The average molecular weight is 554 g/mol. The third-order valence-corrected chi connectivity index (χ3v) is 5.90. The van der Waals surface area contributed by atoms with E-state index in [2.05, 4.69) is 31.5 Å². The number of ether oxygens (including phenoxy) is 1. The molecule has 0 radical (unpaired) electrons. The molecule has 0 fully saturated rings. The van der Waals surface area contributed by atoms with Crippen LogP contribution in [0.15, 0.2) is 52.3 Å². The van der Waals surface area contributed by atoms with Crippen LogP contribution in [0.2, 0.25) is 5.02 Å². The van der Waals surface area contributed by atoms with Crippen molar-refractivity contribution in [3.8, 4) is 17.0 Å². The maximum atomic E-state index is 12.1. The summed E-state index contributed by atoms with van der Waals surface area (Å²) in [6.45, 7) is 0. The summed E-state index contributed by atoms with van der Waals surface area (Å²) in [6, 6.07) is 9.84. The highest BCUT2D eigenvalue weighted by atomic mass is 79.9. The Bertz CT molecular complexity index is 1230. The minimum atomic E-state index is -0.592. The van der Waals surface area contributed by atoms with E-state index in [0.717, 1.165) is 15.7 Å². The van der Waals surface area contributed by atoms with Gasteiger partial charge < -0.3 is 10.1 Å². The number of hydrogen-bond acceptors (Lipinski definition) is 7. The van der Waals surface area contributed by atoms with Gasteiger partial charge in [0, 0.05) is 23.1 Å². The molecule has 2 N–H and O–H groups in total. The first-order valence-electron chi connectivity index (χ1n) is 8.80. The molecule has 32 heavy (non-hydrogen) atoms. The zero-order valence-corrected chi connectivity index (χ0v) is 20.3. The van der Waals surface area contributed by atoms with Crippen molar-refractivity contribution in [2.24, 2.45) is 0 Å². The van der Waals surface area contributed by atoms with Gasteiger partial charge in [-0.1, -0.05) is 17.7 Å². The first-order chi connectivity index (χ1) is 15.3. The number of carbonyl (C=O) groups is 1. The van der Waals surface area contributed by atoms with Gasteiger partial charge in [0.2, 0.25) is 5.91 Å². The summed E-state index contributed by atoms with van der Waals surface area (Å²) in [5.41, 5.74) is 1.83. The van der Waals surface area contributed by atoms with Crippen LogP contribution in [0.5, 0.6) is 5.75 Å². The smallest absolute Gasteiger partial charge is 0.288 e. The van der Waals surface area contributed by atoms with Crippen molar-refractivity contribution >= 4 is 79.0 Å². The molecule has 0 saturated carbocycles. The molecule has 2 aromatic carbocycles. The van der Waals surface area contributed by atoms with Gasteiger partial charge in [0.1, 0.15) is 10.8 Å². The lowest BCUT2D eigenvalue weighted by Gasteiger charge is -2.05. The second kappa shape index (κ2) is 10.6. The fourth-order valence-corrected chi connectivity index (χ4v) is 4.23. The number of hydrogen-bond donors (Lipinski definition) is 2. The number of thiazole rings is 1. The number of anilines is 1. The minimum Gasteiger partial charge on any atom is -0.496 e. The van der Waals surface area contributed by atoms with Crippen molar-refractivity contribution in [2.45, 2.75) is 0 Å². The number of amides is 1. The van der Waals surface area contributed by atoms with Gasteiger partial charge in [-0.25, -0.2) is 4.98 Å². The maximum Gasteiger partial charge on any atom is 0.288 e. The van der Waals surface area contributed by atoms with Gasteiger partial charge in [0.25, 0.3) is 5.69 Å². The van der Waals surface area contributed by atoms with Gasteiger partial charge in [-0.15, -0.1) is 11.3 Å². The van der Waals surface area contributed by atoms with E-state index in [0.29, 0.717) is 16.4 Å². The van der Waals surface area contributed by atoms with Gasteiger partial charge >= 0.3 is 0 Å². The van der Waals surface area contributed by atoms with Crippen LogP contribution in [0.4, 0.5) is 10.8 Å². The fraction of sp³-hybridized carbons (Fsp3) is 0.0500. The number of halogens is 2. The van der Waals surface area contributed by atoms with Crippen molar-refractivity contribution in [1.82, 2.24) is 10.3 Å². The Morgan fingerprint density at radius 2 is 2.12 bits per heavy atom. The Labute approximate surface area is 205 Å². The van der Waals surface area contributed by atoms with E-state index in [1.54, 1.807) is 13.2 Å². The van der Waals surface area contributed by atoms with Crippen molar-refractivity contribution < 1.29 is 14.5 Å². The van der Waals surface area contributed by atoms with E-state index in [4.69, 9.17) is 28.6 Å². The SMILES string of the molecule is COc1ccc(-c2csc(NC(=S)NC(=O)C=Cc3ccc(Cl)c([N+](=O)[O-])c3)n2)cc1Br. The topological polar surface area (TPSA) is 106 Å². The highest BCUT2D eigenvalue weighted by Gasteiger charge is 2.12. The standard InChI is InChI=1S/C20H14BrClN4O4S2/c1-30-17-6-4-12(9-13(17)21)15-10-32-20(23-15)25-19(31)24-18(27)7-3-11-2-5-14(22)16(8-11)26(28)29/h2-10H,1H3,(H2,23,24,25,27,31). The third-order valence-electron chi connectivity index (χ3n) is 4.00. The molecular weight excluding hydrogens is 540 g/mol. The van der Waals surface area contributed by atoms with Gasteiger partial charge in [-0.2, -0.15) is 0 Å². The second-order valence-corrected chi connectivity index (χ2v) is 8.66. The number of aromatic nitrogens is 1. The summed E-state index contributed by atoms with van der Waals surface area (Å²) in [5, 5.41) is 18.8. The first kappa shape index (κ1) is 23.8. The Morgan fingerprint density at radius 3 is 2.81 bits per heavy atom. The van der Waals surface area contributed by atoms with E-state index in [-0.39, 0.29) is 15.8 Å². The maximum absolute atomic E-state index is 12.1. The minimum absolute atomic E-state index is 0.0202. The average Bonchev–Trinajstić information content (AvgIpc) is 3.21. The number of nitrogens with zero attached hydrogens (tertiary/aromatic N) is 2. The normalized spacial score (nSPS) is 10.7. The van der Waals surface area contributed by atoms with E-state index < -0.39 is 10.8 Å². The van der Waals surface area contributed by atoms with Crippen LogP contribution in [0.3, 0.4) is 0 Å². The summed E-state index contributed by atoms with van der Waals surface area (Å²) < 4.78 is 6.03. The van der Waals surface area contributed by atoms with Crippen LogP contribution in [0.1, 0.15) is 5.56 Å². The molecule has 0 unspecified atom stereocenters. The number of nitrogens with one attached hydrogen (secondary N) is 2. The van der Waals surface area contributed by atoms with Crippen LogP contribution >= 0.6 is 51.1 Å². The summed E-state index contributed by atoms with van der Waals surface area (Å²) >= 11 is 15.7. The van der Waals surface area contributed by atoms with Crippen molar-refractivity contribution in [2.75, 3.05) is 12.4 Å². The van der Waals surface area contributed by atoms with Crippen LogP contribution in [0.25, 0.3) is 17.3 Å². The molecule has 0 saturated heterocycles. The predicted octanol–water partition coefficient (Wildman–Crippen LogP) is 5.67. The Balaban J connectivity index is 1.60. The molecule has 8 nitrogen and oxygen atoms in total. The van der Waals surface area contributed by atoms with Crippen molar-refractivity contribution in [3.63, 3.8) is 0 Å². The molecule has 0 aliphatic rings. The Kier molecular flexibility index (Phi) is 7.91. The molecule has 1 heterocycles. The van der Waals surface area contributed by atoms with Crippen molar-refractivity contribution in [1.29, 1.82) is 0 Å². The zero-order chi connectivity index (χ0) is 23.3. The molecule has 0 atom stereocenters. The van der Waals surface area contributed by atoms with Crippen molar-refractivity contribution in [3.05, 3.63) is 73.0 Å². The zero-order valence-electron chi connectivity index (χ0n) is 16.3. The van der Waals surface area contributed by atoms with Crippen LogP contribution in [0, 0.1) is 10.1 Å². The lowest BCUT2D eigenvalue weighted by Crippen LogP contribution is -2.32. The summed E-state index contributed by atoms with van der Waals surface area (Å²) in [5.74, 6) is 0.212. The molecule has 1 amide bonds. The number of rotatable bonds is 6. The summed E-state index contributed by atoms with van der Waals surface area (Å²) in [6.07, 6.45) is 2.63. The van der Waals surface area contributed by atoms with Crippen LogP contribution < -0.4 is 15.4 Å². The Morgan fingerprint density at radius 1 is 1.34 bits per heavy atom. The van der Waals surface area contributed by atoms with E-state index >= 15 is 0 Å².